The van der Waals surface area contributed by atoms with Crippen molar-refractivity contribution < 1.29 is 0 Å². The second-order valence-electron chi connectivity index (χ2n) is 8.05. The second-order valence-corrected chi connectivity index (χ2v) is 8.05. The van der Waals surface area contributed by atoms with Gasteiger partial charge >= 0.3 is 0 Å². The van der Waals surface area contributed by atoms with Gasteiger partial charge in [-0.2, -0.15) is 5.10 Å². The van der Waals surface area contributed by atoms with Crippen LogP contribution in [0.1, 0.15) is 18.2 Å². The van der Waals surface area contributed by atoms with Gasteiger partial charge in [-0.25, -0.2) is 0 Å². The molecule has 5 rings (SSSR count). The lowest BCUT2D eigenvalue weighted by molar-refractivity contribution is 0.902. The average Bonchev–Trinajstić information content (AvgIpc) is 3.31. The monoisotopic (exact) mass is 436 g/mol. The first-order chi connectivity index (χ1) is 16.0. The molecule has 0 aliphatic heterocycles. The number of nitrogens with zero attached hydrogens (tertiary/aromatic N) is 4. The third kappa shape index (κ3) is 3.89. The average molecular weight is 437 g/mol. The molecule has 0 radical (unpaired) electrons. The van der Waals surface area contributed by atoms with Crippen LogP contribution in [0.15, 0.2) is 71.8 Å². The minimum Gasteiger partial charge on any atom is -0.339 e. The summed E-state index contributed by atoms with van der Waals surface area (Å²) >= 11 is 0. The van der Waals surface area contributed by atoms with Crippen molar-refractivity contribution >= 4 is 22.4 Å². The van der Waals surface area contributed by atoms with Gasteiger partial charge in [0.15, 0.2) is 5.82 Å². The van der Waals surface area contributed by atoms with Gasteiger partial charge in [0.25, 0.3) is 5.56 Å². The summed E-state index contributed by atoms with van der Waals surface area (Å²) in [6.07, 6.45) is 4.42. The van der Waals surface area contributed by atoms with Crippen LogP contribution in [0.3, 0.4) is 0 Å². The van der Waals surface area contributed by atoms with E-state index < -0.39 is 0 Å². The van der Waals surface area contributed by atoms with Crippen LogP contribution in [-0.2, 0) is 13.5 Å². The molecule has 0 aliphatic carbocycles. The number of nitrogens with one attached hydrogen (secondary N) is 2. The molecule has 5 aromatic rings. The van der Waals surface area contributed by atoms with Crippen LogP contribution >= 0.6 is 0 Å². The van der Waals surface area contributed by atoms with E-state index in [4.69, 9.17) is 0 Å². The summed E-state index contributed by atoms with van der Waals surface area (Å²) in [6.45, 7) is 4.07. The van der Waals surface area contributed by atoms with Crippen LogP contribution in [-0.4, -0.2) is 24.7 Å². The lowest BCUT2D eigenvalue weighted by Crippen LogP contribution is -2.19. The van der Waals surface area contributed by atoms with E-state index in [9.17, 15) is 4.79 Å². The van der Waals surface area contributed by atoms with Gasteiger partial charge in [-0.15, -0.1) is 0 Å². The molecule has 0 spiro atoms. The van der Waals surface area contributed by atoms with Crippen molar-refractivity contribution in [2.45, 2.75) is 20.3 Å². The summed E-state index contributed by atoms with van der Waals surface area (Å²) in [5, 5.41) is 11.6. The van der Waals surface area contributed by atoms with Crippen molar-refractivity contribution in [2.24, 2.45) is 7.05 Å². The summed E-state index contributed by atoms with van der Waals surface area (Å²) in [5.74, 6) is 0.674. The van der Waals surface area contributed by atoms with Crippen LogP contribution in [0.5, 0.6) is 0 Å². The number of hydrogen-bond donors (Lipinski definition) is 2. The highest BCUT2D eigenvalue weighted by atomic mass is 16.1. The molecule has 0 unspecified atom stereocenters. The van der Waals surface area contributed by atoms with Crippen molar-refractivity contribution in [1.82, 2.24) is 24.7 Å². The Morgan fingerprint density at radius 2 is 1.91 bits per heavy atom. The molecule has 0 aliphatic rings. The zero-order chi connectivity index (χ0) is 22.9. The van der Waals surface area contributed by atoms with Gasteiger partial charge in [0.1, 0.15) is 0 Å². The Hall–Kier alpha value is -4.26. The predicted octanol–water partition coefficient (Wildman–Crippen LogP) is 5.00. The Bertz CT molecular complexity index is 1520. The standard InChI is InChI=1S/C26H24N6O/c1-4-18-13-24-17(15-28-18)11-21(26(33)32(24)3)20-12-19(9-8-16(20)2)29-25-14-23(30-31-25)22-7-5-6-10-27-22/h5-15H,4H2,1-3H3,(H2,29,30,31). The van der Waals surface area contributed by atoms with E-state index in [-0.39, 0.29) is 5.56 Å². The molecule has 4 aromatic heterocycles. The molecule has 0 amide bonds. The van der Waals surface area contributed by atoms with Crippen molar-refractivity contribution in [3.05, 3.63) is 88.6 Å². The maximum absolute atomic E-state index is 13.3. The fourth-order valence-corrected chi connectivity index (χ4v) is 3.97. The van der Waals surface area contributed by atoms with Gasteiger partial charge in [-0.1, -0.05) is 19.1 Å². The Balaban J connectivity index is 1.52. The van der Waals surface area contributed by atoms with Gasteiger partial charge in [0.05, 0.1) is 16.9 Å². The first kappa shape index (κ1) is 20.6. The number of fused-ring (bicyclic) bond motifs is 1. The van der Waals surface area contributed by atoms with Gasteiger partial charge < -0.3 is 9.88 Å². The number of aromatic nitrogens is 5. The SMILES string of the molecule is CCc1cc2c(cn1)cc(-c1cc(Nc3cc(-c4ccccn4)[nH]n3)ccc1C)c(=O)n2C. The van der Waals surface area contributed by atoms with Crippen molar-refractivity contribution in [3.8, 4) is 22.5 Å². The summed E-state index contributed by atoms with van der Waals surface area (Å²) in [6, 6.07) is 17.5. The van der Waals surface area contributed by atoms with Crippen molar-refractivity contribution in [1.29, 1.82) is 0 Å². The number of anilines is 2. The van der Waals surface area contributed by atoms with E-state index in [0.717, 1.165) is 51.2 Å². The summed E-state index contributed by atoms with van der Waals surface area (Å²) < 4.78 is 1.71. The third-order valence-electron chi connectivity index (χ3n) is 5.85. The zero-order valence-electron chi connectivity index (χ0n) is 18.8. The Morgan fingerprint density at radius 3 is 2.70 bits per heavy atom. The largest absolute Gasteiger partial charge is 0.339 e. The number of aromatic amines is 1. The Labute approximate surface area is 191 Å². The summed E-state index contributed by atoms with van der Waals surface area (Å²) in [4.78, 5) is 22.1. The second kappa shape index (κ2) is 8.35. The molecule has 164 valence electrons. The Morgan fingerprint density at radius 1 is 1.03 bits per heavy atom. The van der Waals surface area contributed by atoms with E-state index in [1.807, 2.05) is 74.8 Å². The quantitative estimate of drug-likeness (QED) is 0.405. The van der Waals surface area contributed by atoms with Gasteiger partial charge in [-0.05, 0) is 60.9 Å². The third-order valence-corrected chi connectivity index (χ3v) is 5.85. The number of hydrogen-bond acceptors (Lipinski definition) is 5. The minimum atomic E-state index is -0.0341. The van der Waals surface area contributed by atoms with Crippen molar-refractivity contribution in [3.63, 3.8) is 0 Å². The number of rotatable bonds is 5. The fraction of sp³-hybridized carbons (Fsp3) is 0.154. The van der Waals surface area contributed by atoms with Crippen LogP contribution in [0.2, 0.25) is 0 Å². The first-order valence-electron chi connectivity index (χ1n) is 10.9. The predicted molar refractivity (Wildman–Crippen MR) is 132 cm³/mol. The van der Waals surface area contributed by atoms with Crippen LogP contribution < -0.4 is 10.9 Å². The Kier molecular flexibility index (Phi) is 5.22. The maximum Gasteiger partial charge on any atom is 0.258 e. The van der Waals surface area contributed by atoms with E-state index in [1.54, 1.807) is 10.8 Å². The molecule has 4 heterocycles. The molecule has 2 N–H and O–H groups in total. The van der Waals surface area contributed by atoms with Crippen LogP contribution in [0.4, 0.5) is 11.5 Å². The highest BCUT2D eigenvalue weighted by Crippen LogP contribution is 2.28. The normalized spacial score (nSPS) is 11.1. The molecule has 0 bridgehead atoms. The minimum absolute atomic E-state index is 0.0341. The number of pyridine rings is 3. The topological polar surface area (TPSA) is 88.5 Å². The maximum atomic E-state index is 13.3. The van der Waals surface area contributed by atoms with Crippen LogP contribution in [0.25, 0.3) is 33.4 Å². The van der Waals surface area contributed by atoms with Gasteiger partial charge in [0.2, 0.25) is 0 Å². The number of H-pyrrole nitrogens is 1. The highest BCUT2D eigenvalue weighted by Gasteiger charge is 2.13. The first-order valence-corrected chi connectivity index (χ1v) is 10.9. The zero-order valence-corrected chi connectivity index (χ0v) is 18.8. The van der Waals surface area contributed by atoms with Crippen LogP contribution in [0, 0.1) is 6.92 Å². The summed E-state index contributed by atoms with van der Waals surface area (Å²) in [5.41, 5.74) is 6.86. The van der Waals surface area contributed by atoms with E-state index in [2.05, 4.69) is 32.4 Å². The molecule has 33 heavy (non-hydrogen) atoms. The van der Waals surface area contributed by atoms with Gasteiger partial charge in [-0.3, -0.25) is 19.9 Å². The van der Waals surface area contributed by atoms with E-state index >= 15 is 0 Å². The molecular weight excluding hydrogens is 412 g/mol. The number of aryl methyl sites for hydroxylation is 3. The molecule has 7 nitrogen and oxygen atoms in total. The molecule has 0 atom stereocenters. The highest BCUT2D eigenvalue weighted by molar-refractivity contribution is 5.85. The molecular formula is C26H24N6O. The molecule has 7 heteroatoms. The van der Waals surface area contributed by atoms with Gasteiger partial charge in [0, 0.05) is 47.8 Å². The lowest BCUT2D eigenvalue weighted by atomic mass is 9.99. The number of benzene rings is 1. The van der Waals surface area contributed by atoms with E-state index in [0.29, 0.717) is 11.4 Å². The molecule has 0 fully saturated rings. The summed E-state index contributed by atoms with van der Waals surface area (Å²) in [7, 11) is 1.81. The smallest absolute Gasteiger partial charge is 0.258 e. The molecule has 1 aromatic carbocycles. The van der Waals surface area contributed by atoms with E-state index in [1.165, 1.54) is 0 Å². The lowest BCUT2D eigenvalue weighted by Gasteiger charge is -2.13. The molecule has 0 saturated heterocycles. The fourth-order valence-electron chi connectivity index (χ4n) is 3.97. The van der Waals surface area contributed by atoms with Crippen molar-refractivity contribution in [2.75, 3.05) is 5.32 Å². The molecule has 0 saturated carbocycles.